The molecule has 0 spiro atoms. The number of carbonyl (C=O) groups excluding carboxylic acids is 2. The smallest absolute Gasteiger partial charge is 0.350 e. The van der Waals surface area contributed by atoms with E-state index in [1.54, 1.807) is 43.1 Å². The molecule has 0 saturated carbocycles. The van der Waals surface area contributed by atoms with Crippen molar-refractivity contribution >= 4 is 34.0 Å². The van der Waals surface area contributed by atoms with Gasteiger partial charge in [-0.15, -0.1) is 0 Å². The second-order valence-electron chi connectivity index (χ2n) is 7.21. The first kappa shape index (κ1) is 24.1. The van der Waals surface area contributed by atoms with E-state index >= 15 is 0 Å². The number of non-ortho nitro benzene ring substituents is 1. The van der Waals surface area contributed by atoms with Gasteiger partial charge in [0.25, 0.3) is 11.6 Å². The number of carbonyl (C=O) groups is 2. The van der Waals surface area contributed by atoms with E-state index in [0.717, 1.165) is 30.6 Å². The number of aryl methyl sites for hydroxylation is 1. The van der Waals surface area contributed by atoms with E-state index < -0.39 is 10.9 Å². The van der Waals surface area contributed by atoms with Crippen LogP contribution in [0, 0.1) is 17.0 Å². The van der Waals surface area contributed by atoms with Crippen LogP contribution in [0.3, 0.4) is 0 Å². The summed E-state index contributed by atoms with van der Waals surface area (Å²) in [6.45, 7) is 6.21. The number of nitrogens with zero attached hydrogens (tertiary/aromatic N) is 5. The Hall–Kier alpha value is -3.60. The average molecular weight is 472 g/mol. The SMILES string of the molecule is CCCCCN(C(=O)c1ccn(-c2ccc([N+](=O)[O-])cc2)n1)c1nc(C)c(C(=O)OCC)s1. The van der Waals surface area contributed by atoms with Crippen LogP contribution in [0.25, 0.3) is 5.69 Å². The van der Waals surface area contributed by atoms with E-state index in [1.165, 1.54) is 16.8 Å². The summed E-state index contributed by atoms with van der Waals surface area (Å²) in [7, 11) is 0. The molecule has 0 bridgehead atoms. The van der Waals surface area contributed by atoms with Crippen LogP contribution in [0.5, 0.6) is 0 Å². The fourth-order valence-electron chi connectivity index (χ4n) is 3.13. The van der Waals surface area contributed by atoms with Crippen LogP contribution in [-0.2, 0) is 4.74 Å². The minimum absolute atomic E-state index is 0.0270. The van der Waals surface area contributed by atoms with Gasteiger partial charge in [-0.1, -0.05) is 31.1 Å². The molecule has 0 aliphatic rings. The van der Waals surface area contributed by atoms with Crippen molar-refractivity contribution in [3.63, 3.8) is 0 Å². The normalized spacial score (nSPS) is 10.8. The molecule has 3 aromatic rings. The second kappa shape index (κ2) is 10.8. The lowest BCUT2D eigenvalue weighted by Gasteiger charge is -2.18. The number of anilines is 1. The summed E-state index contributed by atoms with van der Waals surface area (Å²) in [5, 5.41) is 15.6. The fourth-order valence-corrected chi connectivity index (χ4v) is 4.12. The Kier molecular flexibility index (Phi) is 7.88. The van der Waals surface area contributed by atoms with Crippen molar-refractivity contribution < 1.29 is 19.2 Å². The number of amides is 1. The van der Waals surface area contributed by atoms with Gasteiger partial charge in [0.15, 0.2) is 10.8 Å². The van der Waals surface area contributed by atoms with Gasteiger partial charge < -0.3 is 4.74 Å². The molecule has 0 aliphatic carbocycles. The summed E-state index contributed by atoms with van der Waals surface area (Å²) in [5.41, 5.74) is 1.28. The molecule has 2 heterocycles. The predicted octanol–water partition coefficient (Wildman–Crippen LogP) is 4.56. The number of nitro benzene ring substituents is 1. The molecule has 1 aromatic carbocycles. The van der Waals surface area contributed by atoms with Crippen LogP contribution in [0.15, 0.2) is 36.5 Å². The molecule has 174 valence electrons. The summed E-state index contributed by atoms with van der Waals surface area (Å²) in [6.07, 6.45) is 4.33. The Morgan fingerprint density at radius 3 is 2.55 bits per heavy atom. The highest BCUT2D eigenvalue weighted by molar-refractivity contribution is 7.17. The summed E-state index contributed by atoms with van der Waals surface area (Å²) in [4.78, 5) is 42.3. The largest absolute Gasteiger partial charge is 0.462 e. The van der Waals surface area contributed by atoms with Gasteiger partial charge in [-0.2, -0.15) is 5.10 Å². The highest BCUT2D eigenvalue weighted by atomic mass is 32.1. The maximum atomic E-state index is 13.4. The topological polar surface area (TPSA) is 120 Å². The minimum Gasteiger partial charge on any atom is -0.462 e. The first-order valence-corrected chi connectivity index (χ1v) is 11.4. The van der Waals surface area contributed by atoms with Crippen LogP contribution in [0.4, 0.5) is 10.8 Å². The molecular weight excluding hydrogens is 446 g/mol. The van der Waals surface area contributed by atoms with E-state index in [1.807, 2.05) is 0 Å². The van der Waals surface area contributed by atoms with Crippen molar-refractivity contribution in [2.75, 3.05) is 18.1 Å². The maximum absolute atomic E-state index is 13.4. The summed E-state index contributed by atoms with van der Waals surface area (Å²) in [6, 6.07) is 7.47. The van der Waals surface area contributed by atoms with Crippen LogP contribution >= 0.6 is 11.3 Å². The lowest BCUT2D eigenvalue weighted by atomic mass is 10.2. The third-order valence-corrected chi connectivity index (χ3v) is 6.00. The van der Waals surface area contributed by atoms with Gasteiger partial charge in [-0.3, -0.25) is 19.8 Å². The van der Waals surface area contributed by atoms with Gasteiger partial charge in [0.2, 0.25) is 0 Å². The number of hydrogen-bond donors (Lipinski definition) is 0. The summed E-state index contributed by atoms with van der Waals surface area (Å²) >= 11 is 1.13. The van der Waals surface area contributed by atoms with Gasteiger partial charge in [0.05, 0.1) is 22.9 Å². The van der Waals surface area contributed by atoms with E-state index in [0.29, 0.717) is 27.9 Å². The minimum atomic E-state index is -0.476. The van der Waals surface area contributed by atoms with Crippen LogP contribution in [0.1, 0.15) is 59.0 Å². The first-order chi connectivity index (χ1) is 15.8. The van der Waals surface area contributed by atoms with E-state index in [2.05, 4.69) is 17.0 Å². The number of unbranched alkanes of at least 4 members (excludes halogenated alkanes) is 2. The van der Waals surface area contributed by atoms with E-state index in [-0.39, 0.29) is 23.9 Å². The molecule has 0 aliphatic heterocycles. The zero-order chi connectivity index (χ0) is 24.0. The number of rotatable bonds is 10. The molecule has 10 nitrogen and oxygen atoms in total. The monoisotopic (exact) mass is 471 g/mol. The molecule has 0 saturated heterocycles. The highest BCUT2D eigenvalue weighted by Gasteiger charge is 2.26. The van der Waals surface area contributed by atoms with Crippen molar-refractivity contribution in [2.24, 2.45) is 0 Å². The molecule has 0 N–H and O–H groups in total. The van der Waals surface area contributed by atoms with Gasteiger partial charge in [-0.25, -0.2) is 14.5 Å². The second-order valence-corrected chi connectivity index (χ2v) is 8.19. The van der Waals surface area contributed by atoms with Crippen molar-refractivity contribution in [1.29, 1.82) is 0 Å². The molecule has 0 atom stereocenters. The zero-order valence-corrected chi connectivity index (χ0v) is 19.5. The molecular formula is C22H25N5O5S. The van der Waals surface area contributed by atoms with Crippen molar-refractivity contribution in [3.8, 4) is 5.69 Å². The maximum Gasteiger partial charge on any atom is 0.350 e. The number of benzene rings is 1. The Labute approximate surface area is 195 Å². The molecule has 33 heavy (non-hydrogen) atoms. The average Bonchev–Trinajstić information content (AvgIpc) is 3.44. The predicted molar refractivity (Wildman–Crippen MR) is 124 cm³/mol. The Morgan fingerprint density at radius 1 is 1.18 bits per heavy atom. The zero-order valence-electron chi connectivity index (χ0n) is 18.7. The third kappa shape index (κ3) is 5.61. The van der Waals surface area contributed by atoms with Gasteiger partial charge in [-0.05, 0) is 38.5 Å². The van der Waals surface area contributed by atoms with Crippen molar-refractivity contribution in [1.82, 2.24) is 14.8 Å². The van der Waals surface area contributed by atoms with E-state index in [9.17, 15) is 19.7 Å². The van der Waals surface area contributed by atoms with Gasteiger partial charge in [0, 0.05) is 24.9 Å². The van der Waals surface area contributed by atoms with Crippen LogP contribution in [-0.4, -0.2) is 44.7 Å². The van der Waals surface area contributed by atoms with Crippen LogP contribution in [0.2, 0.25) is 0 Å². The van der Waals surface area contributed by atoms with E-state index in [4.69, 9.17) is 4.74 Å². The van der Waals surface area contributed by atoms with Crippen molar-refractivity contribution in [2.45, 2.75) is 40.0 Å². The Bertz CT molecular complexity index is 1140. The number of aromatic nitrogens is 3. The number of ether oxygens (including phenoxy) is 1. The van der Waals surface area contributed by atoms with Gasteiger partial charge in [0.1, 0.15) is 4.88 Å². The lowest BCUT2D eigenvalue weighted by Crippen LogP contribution is -2.32. The number of nitro groups is 1. The lowest BCUT2D eigenvalue weighted by molar-refractivity contribution is -0.384. The third-order valence-electron chi connectivity index (χ3n) is 4.84. The number of thiazole rings is 1. The molecule has 1 amide bonds. The first-order valence-electron chi connectivity index (χ1n) is 10.6. The summed E-state index contributed by atoms with van der Waals surface area (Å²) < 4.78 is 6.58. The standard InChI is InChI=1S/C22H25N5O5S/c1-4-6-7-13-25(22-23-15(3)19(33-22)21(29)32-5-2)20(28)18-12-14-26(24-18)16-8-10-17(11-9-16)27(30)31/h8-12,14H,4-7,13H2,1-3H3. The number of esters is 1. The van der Waals surface area contributed by atoms with Crippen molar-refractivity contribution in [3.05, 3.63) is 62.9 Å². The summed E-state index contributed by atoms with van der Waals surface area (Å²) in [5.74, 6) is -0.793. The Balaban J connectivity index is 1.88. The van der Waals surface area contributed by atoms with Gasteiger partial charge >= 0.3 is 5.97 Å². The molecule has 2 aromatic heterocycles. The number of hydrogen-bond acceptors (Lipinski definition) is 8. The highest BCUT2D eigenvalue weighted by Crippen LogP contribution is 2.28. The van der Waals surface area contributed by atoms with Crippen LogP contribution < -0.4 is 4.90 Å². The Morgan fingerprint density at radius 2 is 1.91 bits per heavy atom. The fraction of sp³-hybridized carbons (Fsp3) is 0.364. The quantitative estimate of drug-likeness (QED) is 0.184. The molecule has 0 fully saturated rings. The molecule has 11 heteroatoms. The molecule has 3 rings (SSSR count). The molecule has 0 unspecified atom stereocenters. The molecule has 0 radical (unpaired) electrons.